The first-order valence-electron chi connectivity index (χ1n) is 28.6. The second-order valence-electron chi connectivity index (χ2n) is 20.3. The normalized spacial score (nSPS) is 16.8. The lowest BCUT2D eigenvalue weighted by Gasteiger charge is -2.24. The average Bonchev–Trinajstić information content (AvgIpc) is 3.74. The van der Waals surface area contributed by atoms with Gasteiger partial charge in [0.1, 0.15) is 73.2 Å². The third-order valence-corrected chi connectivity index (χ3v) is 12.0. The molecule has 32 nitrogen and oxygen atoms in total. The summed E-state index contributed by atoms with van der Waals surface area (Å²) in [6.45, 7) is -8.83. The van der Waals surface area contributed by atoms with E-state index in [4.69, 9.17) is 56.8 Å². The minimum Gasteiger partial charge on any atom is -0.394 e. The number of nitrogens with one attached hydrogen (secondary N) is 2. The fraction of sp³-hybridized carbons (Fsp3) is 0.750. The topological polar surface area (TPSA) is 493 Å². The molecule has 0 saturated heterocycles. The molecular weight excluding hydrogens is 1180 g/mol. The predicted molar refractivity (Wildman–Crippen MR) is 305 cm³/mol. The predicted octanol–water partition coefficient (Wildman–Crippen LogP) is -7.95. The third kappa shape index (κ3) is 37.6. The Balaban J connectivity index is 2.31. The van der Waals surface area contributed by atoms with E-state index in [-0.39, 0.29) is 143 Å². The molecule has 0 spiro atoms. The van der Waals surface area contributed by atoms with Crippen molar-refractivity contribution in [1.29, 1.82) is 0 Å². The molecule has 2 aromatic carbocycles. The molecule has 0 aromatic heterocycles. The Morgan fingerprint density at radius 1 is 0.273 bits per heavy atom. The highest BCUT2D eigenvalue weighted by Crippen LogP contribution is 2.21. The number of amides is 2. The van der Waals surface area contributed by atoms with Crippen molar-refractivity contribution >= 4 is 11.8 Å². The molecule has 510 valence electrons. The van der Waals surface area contributed by atoms with Crippen molar-refractivity contribution in [2.24, 2.45) is 0 Å². The van der Waals surface area contributed by atoms with Crippen LogP contribution in [-0.4, -0.2) is 364 Å². The van der Waals surface area contributed by atoms with Crippen molar-refractivity contribution in [3.63, 3.8) is 0 Å². The quantitative estimate of drug-likeness (QED) is 0.0292. The molecule has 0 bridgehead atoms. The van der Waals surface area contributed by atoms with Crippen LogP contribution in [0, 0.1) is 0 Å². The highest BCUT2D eigenvalue weighted by Gasteiger charge is 2.24. The van der Waals surface area contributed by atoms with Gasteiger partial charge in [-0.2, -0.15) is 0 Å². The molecule has 0 aliphatic carbocycles. The van der Waals surface area contributed by atoms with Crippen LogP contribution in [0.1, 0.15) is 20.7 Å². The molecule has 2 amide bonds. The summed E-state index contributed by atoms with van der Waals surface area (Å²) in [4.78, 5) is 27.6. The Morgan fingerprint density at radius 2 is 0.455 bits per heavy atom. The summed E-state index contributed by atoms with van der Waals surface area (Å²) < 4.78 is 68.0. The van der Waals surface area contributed by atoms with Crippen LogP contribution in [-0.2, 0) is 56.8 Å². The largest absolute Gasteiger partial charge is 0.394 e. The van der Waals surface area contributed by atoms with E-state index in [1.807, 2.05) is 0 Å². The first-order chi connectivity index (χ1) is 42.4. The number of rotatable bonds is 57. The lowest BCUT2D eigenvalue weighted by Crippen LogP contribution is -2.43. The van der Waals surface area contributed by atoms with E-state index in [0.29, 0.717) is 11.1 Å². The monoisotopic (exact) mass is 1280 g/mol. The molecule has 88 heavy (non-hydrogen) atoms. The molecular formula is C56H96N2O30. The van der Waals surface area contributed by atoms with Gasteiger partial charge in [0.05, 0.1) is 197 Å². The number of benzene rings is 2. The summed E-state index contributed by atoms with van der Waals surface area (Å²) >= 11 is 0. The van der Waals surface area contributed by atoms with Crippen LogP contribution in [0.15, 0.2) is 48.5 Å². The highest BCUT2D eigenvalue weighted by molar-refractivity contribution is 5.96. The van der Waals surface area contributed by atoms with Crippen LogP contribution in [0.2, 0.25) is 0 Å². The van der Waals surface area contributed by atoms with E-state index in [2.05, 4.69) is 10.6 Å². The second kappa shape index (κ2) is 49.9. The number of ether oxygens (including phenoxy) is 12. The Morgan fingerprint density at radius 3 is 0.648 bits per heavy atom. The summed E-state index contributed by atoms with van der Waals surface area (Å²) in [5, 5.41) is 158. The zero-order valence-electron chi connectivity index (χ0n) is 49.4. The average molecular weight is 1280 g/mol. The van der Waals surface area contributed by atoms with E-state index in [9.17, 15) is 91.3 Å². The maximum atomic E-state index is 13.8. The van der Waals surface area contributed by atoms with E-state index < -0.39 is 150 Å². The van der Waals surface area contributed by atoms with Crippen molar-refractivity contribution in [2.75, 3.05) is 185 Å². The molecule has 2 aromatic rings. The molecule has 12 unspecified atom stereocenters. The first-order valence-corrected chi connectivity index (χ1v) is 28.6. The van der Waals surface area contributed by atoms with Gasteiger partial charge in [-0.3, -0.25) is 9.59 Å². The van der Waals surface area contributed by atoms with Crippen molar-refractivity contribution in [1.82, 2.24) is 10.6 Å². The van der Waals surface area contributed by atoms with E-state index in [1.54, 1.807) is 48.5 Å². The SMILES string of the molecule is O=C(NC(COCC(COCC(O)CO)OCC(O)CO)COCC(COCC(O)CO)OCC(O)CO)c1ccc(-c2ccc(C(=O)NC(COCC(COCC(O)CO)OCC(O)CO)COCC(COCC(O)CO)OCC(O)CO)cc2)cc1. The van der Waals surface area contributed by atoms with Gasteiger partial charge in [0, 0.05) is 11.1 Å². The fourth-order valence-corrected chi connectivity index (χ4v) is 7.13. The van der Waals surface area contributed by atoms with E-state index in [0.717, 1.165) is 0 Å². The minimum absolute atomic E-state index is 0.155. The Bertz CT molecular complexity index is 1790. The van der Waals surface area contributed by atoms with E-state index >= 15 is 0 Å². The summed E-state index contributed by atoms with van der Waals surface area (Å²) in [7, 11) is 0. The molecule has 32 heteroatoms. The van der Waals surface area contributed by atoms with Crippen molar-refractivity contribution < 1.29 is 148 Å². The van der Waals surface area contributed by atoms with Gasteiger partial charge in [-0.15, -0.1) is 0 Å². The number of aliphatic hydroxyl groups excluding tert-OH is 16. The van der Waals surface area contributed by atoms with Crippen LogP contribution < -0.4 is 10.6 Å². The van der Waals surface area contributed by atoms with Gasteiger partial charge in [0.25, 0.3) is 11.8 Å². The molecule has 0 fully saturated rings. The molecule has 0 heterocycles. The Kier molecular flexibility index (Phi) is 45.6. The highest BCUT2D eigenvalue weighted by atomic mass is 16.6. The summed E-state index contributed by atoms with van der Waals surface area (Å²) in [5.41, 5.74) is 1.74. The minimum atomic E-state index is -1.22. The molecule has 12 atom stereocenters. The fourth-order valence-electron chi connectivity index (χ4n) is 7.13. The van der Waals surface area contributed by atoms with Gasteiger partial charge >= 0.3 is 0 Å². The van der Waals surface area contributed by atoms with Gasteiger partial charge in [-0.05, 0) is 35.4 Å². The zero-order chi connectivity index (χ0) is 64.9. The van der Waals surface area contributed by atoms with Gasteiger partial charge in [0.15, 0.2) is 0 Å². The van der Waals surface area contributed by atoms with Crippen molar-refractivity contribution in [3.05, 3.63) is 59.7 Å². The van der Waals surface area contributed by atoms with Crippen molar-refractivity contribution in [3.8, 4) is 11.1 Å². The number of carbonyl (C=O) groups is 2. The van der Waals surface area contributed by atoms with Crippen molar-refractivity contribution in [2.45, 2.75) is 85.3 Å². The van der Waals surface area contributed by atoms with E-state index in [1.165, 1.54) is 0 Å². The molecule has 0 aliphatic rings. The number of hydrogen-bond donors (Lipinski definition) is 18. The maximum Gasteiger partial charge on any atom is 0.251 e. The molecule has 0 radical (unpaired) electrons. The van der Waals surface area contributed by atoms with Crippen LogP contribution in [0.5, 0.6) is 0 Å². The van der Waals surface area contributed by atoms with Gasteiger partial charge < -0.3 is 149 Å². The standard InChI is InChI=1S/C56H96N2O30/c59-9-43(67)21-81-33-51(85-25-47(71)13-63)29-77-17-41(18-78-30-52(86-26-48(72)14-64)34-82-22-44(68)10-60)57-55(75)39-5-1-37(2-6-39)38-3-7-40(8-4-38)56(76)58-42(19-79-31-53(87-27-49(73)15-65)35-83-23-45(69)11-61)20-80-32-54(88-28-50(74)16-66)36-84-24-46(70)12-62/h1-8,41-54,59-74H,9-36H2,(H,57,75)(H,58,76). The first kappa shape index (κ1) is 80.4. The van der Waals surface area contributed by atoms with Crippen LogP contribution >= 0.6 is 0 Å². The lowest BCUT2D eigenvalue weighted by atomic mass is 10.0. The smallest absolute Gasteiger partial charge is 0.251 e. The van der Waals surface area contributed by atoms with Gasteiger partial charge in [-0.1, -0.05) is 24.3 Å². The number of carbonyl (C=O) groups excluding carboxylic acids is 2. The van der Waals surface area contributed by atoms with Crippen LogP contribution in [0.4, 0.5) is 0 Å². The summed E-state index contributed by atoms with van der Waals surface area (Å²) in [5.74, 6) is -1.11. The molecule has 0 saturated carbocycles. The summed E-state index contributed by atoms with van der Waals surface area (Å²) in [6, 6.07) is 11.2. The Hall–Kier alpha value is -3.74. The van der Waals surface area contributed by atoms with Crippen LogP contribution in [0.25, 0.3) is 11.1 Å². The van der Waals surface area contributed by atoms with Gasteiger partial charge in [-0.25, -0.2) is 0 Å². The Labute approximate surface area is 510 Å². The molecule has 18 N–H and O–H groups in total. The summed E-state index contributed by atoms with van der Waals surface area (Å²) in [6.07, 6.45) is -13.0. The molecule has 2 rings (SSSR count). The maximum absolute atomic E-state index is 13.8. The number of hydrogen-bond acceptors (Lipinski definition) is 30. The lowest BCUT2D eigenvalue weighted by molar-refractivity contribution is -0.106. The van der Waals surface area contributed by atoms with Crippen LogP contribution in [0.3, 0.4) is 0 Å². The number of aliphatic hydroxyl groups is 16. The zero-order valence-corrected chi connectivity index (χ0v) is 49.4. The second-order valence-corrected chi connectivity index (χ2v) is 20.3. The van der Waals surface area contributed by atoms with Gasteiger partial charge in [0.2, 0.25) is 0 Å². The third-order valence-electron chi connectivity index (χ3n) is 12.0. The molecule has 0 aliphatic heterocycles.